The number of piperazine rings is 1. The summed E-state index contributed by atoms with van der Waals surface area (Å²) in [5, 5.41) is 0. The number of likely N-dealkylation sites (N-methyl/N-ethyl adjacent to an activating group) is 1. The van der Waals surface area contributed by atoms with E-state index in [-0.39, 0.29) is 11.7 Å². The number of anilines is 1. The molecule has 0 aromatic heterocycles. The molecule has 17 heavy (non-hydrogen) atoms. The maximum atomic E-state index is 13.9. The van der Waals surface area contributed by atoms with Crippen LogP contribution < -0.4 is 4.90 Å². The fourth-order valence-corrected chi connectivity index (χ4v) is 2.25. The number of nitrogens with zero attached hydrogens (tertiary/aromatic N) is 2. The summed E-state index contributed by atoms with van der Waals surface area (Å²) in [6, 6.07) is 5.65. The third-order valence-corrected chi connectivity index (χ3v) is 3.47. The van der Waals surface area contributed by atoms with Gasteiger partial charge in [0.2, 0.25) is 0 Å². The van der Waals surface area contributed by atoms with E-state index in [0.29, 0.717) is 0 Å². The number of rotatable bonds is 2. The highest BCUT2D eigenvalue weighted by molar-refractivity contribution is 5.49. The van der Waals surface area contributed by atoms with Crippen molar-refractivity contribution in [2.75, 3.05) is 38.1 Å². The van der Waals surface area contributed by atoms with Crippen molar-refractivity contribution in [3.05, 3.63) is 29.6 Å². The molecule has 94 valence electrons. The van der Waals surface area contributed by atoms with E-state index in [1.165, 1.54) is 0 Å². The van der Waals surface area contributed by atoms with E-state index in [0.717, 1.165) is 37.4 Å². The Morgan fingerprint density at radius 1 is 1.12 bits per heavy atom. The van der Waals surface area contributed by atoms with Gasteiger partial charge in [0.25, 0.3) is 0 Å². The Morgan fingerprint density at radius 2 is 1.76 bits per heavy atom. The molecule has 2 nitrogen and oxygen atoms in total. The molecule has 1 heterocycles. The van der Waals surface area contributed by atoms with Crippen molar-refractivity contribution in [1.29, 1.82) is 0 Å². The standard InChI is InChI=1S/C14H21FN2/c1-11(2)13-5-4-12(10-14(13)15)17-8-6-16(3)7-9-17/h4-5,10-11H,6-9H2,1-3H3. The zero-order valence-corrected chi connectivity index (χ0v) is 10.9. The first kappa shape index (κ1) is 12.4. The lowest BCUT2D eigenvalue weighted by Crippen LogP contribution is -2.44. The molecule has 0 spiro atoms. The minimum Gasteiger partial charge on any atom is -0.369 e. The summed E-state index contributed by atoms with van der Waals surface area (Å²) in [7, 11) is 2.12. The average molecular weight is 236 g/mol. The first-order valence-electron chi connectivity index (χ1n) is 6.31. The molecule has 1 aliphatic rings. The molecule has 0 atom stereocenters. The van der Waals surface area contributed by atoms with Gasteiger partial charge in [-0.15, -0.1) is 0 Å². The molecule has 1 aromatic rings. The first-order chi connectivity index (χ1) is 8.08. The normalized spacial score (nSPS) is 17.8. The summed E-state index contributed by atoms with van der Waals surface area (Å²) in [4.78, 5) is 4.56. The van der Waals surface area contributed by atoms with Gasteiger partial charge in [-0.25, -0.2) is 4.39 Å². The topological polar surface area (TPSA) is 6.48 Å². The van der Waals surface area contributed by atoms with Crippen LogP contribution in [0, 0.1) is 5.82 Å². The minimum absolute atomic E-state index is 0.0728. The molecule has 0 N–H and O–H groups in total. The number of benzene rings is 1. The van der Waals surface area contributed by atoms with Crippen molar-refractivity contribution in [3.63, 3.8) is 0 Å². The molecule has 0 radical (unpaired) electrons. The molecule has 2 rings (SSSR count). The molecule has 0 aliphatic carbocycles. The largest absolute Gasteiger partial charge is 0.369 e. The Kier molecular flexibility index (Phi) is 3.67. The van der Waals surface area contributed by atoms with Gasteiger partial charge < -0.3 is 9.80 Å². The van der Waals surface area contributed by atoms with Gasteiger partial charge in [-0.1, -0.05) is 19.9 Å². The summed E-state index contributed by atoms with van der Waals surface area (Å²) in [5.74, 6) is 0.174. The molecule has 0 amide bonds. The van der Waals surface area contributed by atoms with E-state index < -0.39 is 0 Å². The fraction of sp³-hybridized carbons (Fsp3) is 0.571. The number of hydrogen-bond acceptors (Lipinski definition) is 2. The van der Waals surface area contributed by atoms with Crippen LogP contribution in [0.4, 0.5) is 10.1 Å². The van der Waals surface area contributed by atoms with Gasteiger partial charge >= 0.3 is 0 Å². The van der Waals surface area contributed by atoms with Crippen LogP contribution >= 0.6 is 0 Å². The predicted molar refractivity (Wildman–Crippen MR) is 70.2 cm³/mol. The summed E-state index contributed by atoms with van der Waals surface area (Å²) in [6.45, 7) is 8.11. The maximum Gasteiger partial charge on any atom is 0.128 e. The number of hydrogen-bond donors (Lipinski definition) is 0. The summed E-state index contributed by atoms with van der Waals surface area (Å²) >= 11 is 0. The van der Waals surface area contributed by atoms with Crippen molar-refractivity contribution in [3.8, 4) is 0 Å². The van der Waals surface area contributed by atoms with Crippen molar-refractivity contribution in [2.24, 2.45) is 0 Å². The van der Waals surface area contributed by atoms with Crippen LogP contribution in [0.1, 0.15) is 25.3 Å². The van der Waals surface area contributed by atoms with Crippen molar-refractivity contribution >= 4 is 5.69 Å². The Bertz CT molecular complexity index is 382. The van der Waals surface area contributed by atoms with E-state index in [1.807, 2.05) is 26.0 Å². The van der Waals surface area contributed by atoms with Gasteiger partial charge in [0, 0.05) is 31.9 Å². The molecule has 0 bridgehead atoms. The Labute approximate surface area is 103 Å². The molecule has 3 heteroatoms. The molecular formula is C14H21FN2. The highest BCUT2D eigenvalue weighted by Gasteiger charge is 2.16. The zero-order valence-electron chi connectivity index (χ0n) is 10.9. The average Bonchev–Trinajstić information content (AvgIpc) is 2.29. The molecule has 1 fully saturated rings. The van der Waals surface area contributed by atoms with Gasteiger partial charge in [0.1, 0.15) is 5.82 Å². The van der Waals surface area contributed by atoms with Gasteiger partial charge in [-0.05, 0) is 30.7 Å². The van der Waals surface area contributed by atoms with Crippen LogP contribution in [0.25, 0.3) is 0 Å². The minimum atomic E-state index is -0.0728. The smallest absolute Gasteiger partial charge is 0.128 e. The highest BCUT2D eigenvalue weighted by Crippen LogP contribution is 2.24. The van der Waals surface area contributed by atoms with Gasteiger partial charge in [-0.3, -0.25) is 0 Å². The van der Waals surface area contributed by atoms with E-state index in [1.54, 1.807) is 6.07 Å². The molecule has 0 unspecified atom stereocenters. The lowest BCUT2D eigenvalue weighted by Gasteiger charge is -2.34. The second-order valence-corrected chi connectivity index (χ2v) is 5.15. The SMILES string of the molecule is CC(C)c1ccc(N2CCN(C)CC2)cc1F. The van der Waals surface area contributed by atoms with Crippen LogP contribution in [0.3, 0.4) is 0 Å². The van der Waals surface area contributed by atoms with Crippen LogP contribution in [-0.2, 0) is 0 Å². The quantitative estimate of drug-likeness (QED) is 0.779. The Hall–Kier alpha value is -1.09. The van der Waals surface area contributed by atoms with E-state index in [2.05, 4.69) is 16.8 Å². The van der Waals surface area contributed by atoms with Crippen LogP contribution in [0.2, 0.25) is 0 Å². The highest BCUT2D eigenvalue weighted by atomic mass is 19.1. The second-order valence-electron chi connectivity index (χ2n) is 5.15. The predicted octanol–water partition coefficient (Wildman–Crippen LogP) is 2.70. The monoisotopic (exact) mass is 236 g/mol. The number of halogens is 1. The van der Waals surface area contributed by atoms with E-state index in [4.69, 9.17) is 0 Å². The molecule has 1 aliphatic heterocycles. The van der Waals surface area contributed by atoms with Crippen LogP contribution in [-0.4, -0.2) is 38.1 Å². The third-order valence-electron chi connectivity index (χ3n) is 3.47. The van der Waals surface area contributed by atoms with Crippen molar-refractivity contribution in [2.45, 2.75) is 19.8 Å². The van der Waals surface area contributed by atoms with Crippen LogP contribution in [0.15, 0.2) is 18.2 Å². The zero-order chi connectivity index (χ0) is 12.4. The second kappa shape index (κ2) is 5.05. The van der Waals surface area contributed by atoms with Crippen molar-refractivity contribution in [1.82, 2.24) is 4.90 Å². The lowest BCUT2D eigenvalue weighted by molar-refractivity contribution is 0.312. The van der Waals surface area contributed by atoms with Crippen LogP contribution in [0.5, 0.6) is 0 Å². The summed E-state index contributed by atoms with van der Waals surface area (Å²) in [6.07, 6.45) is 0. The van der Waals surface area contributed by atoms with Gasteiger partial charge in [0.05, 0.1) is 0 Å². The van der Waals surface area contributed by atoms with E-state index >= 15 is 0 Å². The third kappa shape index (κ3) is 2.78. The molecule has 1 saturated heterocycles. The fourth-order valence-electron chi connectivity index (χ4n) is 2.25. The Balaban J connectivity index is 2.14. The van der Waals surface area contributed by atoms with Crippen molar-refractivity contribution < 1.29 is 4.39 Å². The lowest BCUT2D eigenvalue weighted by atomic mass is 10.0. The first-order valence-corrected chi connectivity index (χ1v) is 6.31. The maximum absolute atomic E-state index is 13.9. The Morgan fingerprint density at radius 3 is 2.29 bits per heavy atom. The van der Waals surface area contributed by atoms with E-state index in [9.17, 15) is 4.39 Å². The molecule has 1 aromatic carbocycles. The molecule has 0 saturated carbocycles. The van der Waals surface area contributed by atoms with Gasteiger partial charge in [0.15, 0.2) is 0 Å². The summed E-state index contributed by atoms with van der Waals surface area (Å²) < 4.78 is 13.9. The van der Waals surface area contributed by atoms with Gasteiger partial charge in [-0.2, -0.15) is 0 Å². The molecular weight excluding hydrogens is 215 g/mol. The summed E-state index contributed by atoms with van der Waals surface area (Å²) in [5.41, 5.74) is 1.82.